The van der Waals surface area contributed by atoms with Gasteiger partial charge in [-0.25, -0.2) is 4.68 Å². The molecule has 2 aromatic rings. The summed E-state index contributed by atoms with van der Waals surface area (Å²) in [6.45, 7) is 7.07. The number of aryl methyl sites for hydroxylation is 2. The second-order valence-corrected chi connectivity index (χ2v) is 5.46. The van der Waals surface area contributed by atoms with E-state index in [2.05, 4.69) is 11.8 Å². The van der Waals surface area contributed by atoms with Gasteiger partial charge in [-0.3, -0.25) is 9.48 Å². The van der Waals surface area contributed by atoms with Gasteiger partial charge in [-0.05, 0) is 56.0 Å². The molecule has 4 nitrogen and oxygen atoms in total. The molecule has 21 heavy (non-hydrogen) atoms. The number of nitrogens with zero attached hydrogens (tertiary/aromatic N) is 2. The molecule has 0 fully saturated rings. The van der Waals surface area contributed by atoms with Crippen molar-refractivity contribution in [3.63, 3.8) is 0 Å². The van der Waals surface area contributed by atoms with Crippen molar-refractivity contribution in [3.8, 4) is 28.8 Å². The fourth-order valence-corrected chi connectivity index (χ4v) is 3.19. The standard InChI is InChI=1S/C17H18N2O2/c1-4-6-13-9-11(2)14(12(3)10-13)15-16(20)18-7-5-8-19(18)17(15)21/h9-10,20H,5,7-8H2,1-3H3. The van der Waals surface area contributed by atoms with Gasteiger partial charge in [-0.2, -0.15) is 0 Å². The molecule has 1 aromatic carbocycles. The van der Waals surface area contributed by atoms with Gasteiger partial charge >= 0.3 is 0 Å². The Morgan fingerprint density at radius 1 is 1.10 bits per heavy atom. The predicted octanol–water partition coefficient (Wildman–Crippen LogP) is 2.41. The van der Waals surface area contributed by atoms with Crippen molar-refractivity contribution in [1.29, 1.82) is 0 Å². The molecule has 2 heterocycles. The van der Waals surface area contributed by atoms with E-state index in [0.29, 0.717) is 18.7 Å². The lowest BCUT2D eigenvalue weighted by Crippen LogP contribution is -2.17. The van der Waals surface area contributed by atoms with Crippen LogP contribution >= 0.6 is 0 Å². The number of benzene rings is 1. The van der Waals surface area contributed by atoms with Crippen molar-refractivity contribution in [3.05, 3.63) is 39.2 Å². The Balaban J connectivity index is 2.27. The van der Waals surface area contributed by atoms with E-state index in [0.717, 1.165) is 28.7 Å². The maximum absolute atomic E-state index is 12.6. The van der Waals surface area contributed by atoms with Gasteiger partial charge in [0.15, 0.2) is 0 Å². The first-order chi connectivity index (χ1) is 10.0. The van der Waals surface area contributed by atoms with Crippen LogP contribution in [0.1, 0.15) is 30.0 Å². The fraction of sp³-hybridized carbons (Fsp3) is 0.353. The van der Waals surface area contributed by atoms with E-state index >= 15 is 0 Å². The summed E-state index contributed by atoms with van der Waals surface area (Å²) in [5.74, 6) is 6.00. The molecule has 3 rings (SSSR count). The van der Waals surface area contributed by atoms with Crippen LogP contribution in [0.4, 0.5) is 0 Å². The zero-order valence-electron chi connectivity index (χ0n) is 12.5. The molecule has 1 aliphatic rings. The van der Waals surface area contributed by atoms with Gasteiger partial charge in [0.25, 0.3) is 5.56 Å². The number of aromatic hydroxyl groups is 1. The highest BCUT2D eigenvalue weighted by Gasteiger charge is 2.25. The van der Waals surface area contributed by atoms with Gasteiger partial charge < -0.3 is 5.11 Å². The monoisotopic (exact) mass is 282 g/mol. The second-order valence-electron chi connectivity index (χ2n) is 5.46. The average molecular weight is 282 g/mol. The molecular weight excluding hydrogens is 264 g/mol. The molecule has 0 amide bonds. The second kappa shape index (κ2) is 4.85. The molecule has 0 spiro atoms. The van der Waals surface area contributed by atoms with Gasteiger partial charge in [0.05, 0.1) is 0 Å². The Bertz CT molecular complexity index is 821. The third-order valence-electron chi connectivity index (χ3n) is 4.00. The van der Waals surface area contributed by atoms with Crippen molar-refractivity contribution >= 4 is 0 Å². The van der Waals surface area contributed by atoms with Crippen molar-refractivity contribution in [2.75, 3.05) is 0 Å². The van der Waals surface area contributed by atoms with Gasteiger partial charge in [-0.15, -0.1) is 5.92 Å². The maximum atomic E-state index is 12.6. The normalized spacial score (nSPS) is 12.9. The van der Waals surface area contributed by atoms with Crippen molar-refractivity contribution < 1.29 is 5.11 Å². The quantitative estimate of drug-likeness (QED) is 0.817. The molecule has 1 N–H and O–H groups in total. The smallest absolute Gasteiger partial charge is 0.278 e. The lowest BCUT2D eigenvalue weighted by Gasteiger charge is -2.09. The van der Waals surface area contributed by atoms with Crippen LogP contribution in [0, 0.1) is 25.7 Å². The number of hydrogen-bond donors (Lipinski definition) is 1. The molecule has 0 saturated carbocycles. The van der Waals surface area contributed by atoms with E-state index in [1.54, 1.807) is 16.3 Å². The van der Waals surface area contributed by atoms with Crippen molar-refractivity contribution in [2.45, 2.75) is 40.3 Å². The van der Waals surface area contributed by atoms with Gasteiger partial charge in [-0.1, -0.05) is 5.92 Å². The summed E-state index contributed by atoms with van der Waals surface area (Å²) in [6.07, 6.45) is 0.895. The van der Waals surface area contributed by atoms with E-state index in [4.69, 9.17) is 0 Å². The van der Waals surface area contributed by atoms with Crippen LogP contribution in [0.5, 0.6) is 5.88 Å². The molecule has 1 aromatic heterocycles. The molecule has 108 valence electrons. The predicted molar refractivity (Wildman–Crippen MR) is 82.4 cm³/mol. The van der Waals surface area contributed by atoms with Crippen LogP contribution in [-0.4, -0.2) is 14.5 Å². The molecule has 0 atom stereocenters. The molecule has 0 radical (unpaired) electrons. The number of fused-ring (bicyclic) bond motifs is 1. The summed E-state index contributed by atoms with van der Waals surface area (Å²) in [7, 11) is 0. The lowest BCUT2D eigenvalue weighted by molar-refractivity contribution is 0.399. The topological polar surface area (TPSA) is 47.2 Å². The largest absolute Gasteiger partial charge is 0.493 e. The third-order valence-corrected chi connectivity index (χ3v) is 4.00. The maximum Gasteiger partial charge on any atom is 0.278 e. The minimum Gasteiger partial charge on any atom is -0.493 e. The van der Waals surface area contributed by atoms with Crippen molar-refractivity contribution in [2.24, 2.45) is 0 Å². The Hall–Kier alpha value is -2.41. The fourth-order valence-electron chi connectivity index (χ4n) is 3.19. The van der Waals surface area contributed by atoms with Crippen LogP contribution in [0.15, 0.2) is 16.9 Å². The van der Waals surface area contributed by atoms with Crippen LogP contribution < -0.4 is 5.56 Å². The number of aromatic nitrogens is 2. The van der Waals surface area contributed by atoms with Crippen LogP contribution in [0.25, 0.3) is 11.1 Å². The van der Waals surface area contributed by atoms with Gasteiger partial charge in [0, 0.05) is 18.7 Å². The average Bonchev–Trinajstić information content (AvgIpc) is 2.98. The van der Waals surface area contributed by atoms with E-state index < -0.39 is 0 Å². The zero-order valence-corrected chi connectivity index (χ0v) is 12.5. The number of hydrogen-bond acceptors (Lipinski definition) is 2. The van der Waals surface area contributed by atoms with Crippen molar-refractivity contribution in [1.82, 2.24) is 9.36 Å². The van der Waals surface area contributed by atoms with Gasteiger partial charge in [0.2, 0.25) is 5.88 Å². The summed E-state index contributed by atoms with van der Waals surface area (Å²) in [6, 6.07) is 3.93. The Kier molecular flexibility index (Phi) is 3.13. The minimum absolute atomic E-state index is 0.0815. The summed E-state index contributed by atoms with van der Waals surface area (Å²) < 4.78 is 3.31. The molecular formula is C17H18N2O2. The Morgan fingerprint density at radius 3 is 2.29 bits per heavy atom. The molecule has 0 bridgehead atoms. The molecule has 1 aliphatic heterocycles. The highest BCUT2D eigenvalue weighted by Crippen LogP contribution is 2.33. The zero-order chi connectivity index (χ0) is 15.1. The highest BCUT2D eigenvalue weighted by molar-refractivity contribution is 5.75. The third kappa shape index (κ3) is 1.97. The van der Waals surface area contributed by atoms with E-state index in [9.17, 15) is 9.90 Å². The van der Waals surface area contributed by atoms with E-state index in [-0.39, 0.29) is 11.4 Å². The van der Waals surface area contributed by atoms with Crippen LogP contribution in [-0.2, 0) is 13.1 Å². The molecule has 0 aliphatic carbocycles. The van der Waals surface area contributed by atoms with Gasteiger partial charge in [0.1, 0.15) is 5.56 Å². The summed E-state index contributed by atoms with van der Waals surface area (Å²) in [5.41, 5.74) is 4.00. The van der Waals surface area contributed by atoms with Crippen LogP contribution in [0.2, 0.25) is 0 Å². The van der Waals surface area contributed by atoms with Crippen LogP contribution in [0.3, 0.4) is 0 Å². The lowest BCUT2D eigenvalue weighted by atomic mass is 9.95. The first-order valence-corrected chi connectivity index (χ1v) is 7.11. The number of rotatable bonds is 1. The first-order valence-electron chi connectivity index (χ1n) is 7.11. The highest BCUT2D eigenvalue weighted by atomic mass is 16.3. The Morgan fingerprint density at radius 2 is 1.71 bits per heavy atom. The minimum atomic E-state index is -0.106. The summed E-state index contributed by atoms with van der Waals surface area (Å²) in [4.78, 5) is 12.6. The first kappa shape index (κ1) is 13.6. The molecule has 4 heteroatoms. The summed E-state index contributed by atoms with van der Waals surface area (Å²) in [5, 5.41) is 10.4. The Labute approximate surface area is 123 Å². The molecule has 0 saturated heterocycles. The van der Waals surface area contributed by atoms with E-state index in [1.165, 1.54) is 0 Å². The summed E-state index contributed by atoms with van der Waals surface area (Å²) >= 11 is 0. The molecule has 0 unspecified atom stereocenters. The van der Waals surface area contributed by atoms with E-state index in [1.807, 2.05) is 26.0 Å². The SMILES string of the molecule is CC#Cc1cc(C)c(-c2c(O)n3n(c2=O)CCC3)c(C)c1.